The van der Waals surface area contributed by atoms with Crippen LogP contribution in [0.2, 0.25) is 0 Å². The zero-order chi connectivity index (χ0) is 22.5. The third-order valence-electron chi connectivity index (χ3n) is 5.58. The molecule has 166 valence electrons. The maximum atomic E-state index is 11.2. The van der Waals surface area contributed by atoms with Crippen LogP contribution in [0.3, 0.4) is 0 Å². The first-order chi connectivity index (χ1) is 15.5. The lowest BCUT2D eigenvalue weighted by Crippen LogP contribution is -2.29. The molecular weight excluding hydrogens is 416 g/mol. The van der Waals surface area contributed by atoms with Crippen molar-refractivity contribution in [1.29, 1.82) is 0 Å². The van der Waals surface area contributed by atoms with Crippen LogP contribution in [0.5, 0.6) is 0 Å². The van der Waals surface area contributed by atoms with E-state index in [4.69, 9.17) is 0 Å². The molecule has 0 atom stereocenters. The first-order valence-electron chi connectivity index (χ1n) is 10.9. The molecule has 0 fully saturated rings. The smallest absolute Gasteiger partial charge is 0.221 e. The summed E-state index contributed by atoms with van der Waals surface area (Å²) in [5.41, 5.74) is 6.37. The Hall–Kier alpha value is -2.80. The third-order valence-corrected chi connectivity index (χ3v) is 6.63. The van der Waals surface area contributed by atoms with Crippen LogP contribution < -0.4 is 5.32 Å². The third kappa shape index (κ3) is 5.71. The van der Waals surface area contributed by atoms with E-state index in [1.807, 2.05) is 18.3 Å². The molecule has 3 aromatic rings. The molecular formula is C26H30N4OS. The van der Waals surface area contributed by atoms with Crippen LogP contribution in [-0.2, 0) is 17.9 Å². The molecule has 0 spiro atoms. The molecule has 2 aromatic heterocycles. The number of anilines is 1. The summed E-state index contributed by atoms with van der Waals surface area (Å²) in [6.07, 6.45) is 5.30. The first kappa shape index (κ1) is 22.4. The van der Waals surface area contributed by atoms with Crippen molar-refractivity contribution in [3.05, 3.63) is 77.6 Å². The van der Waals surface area contributed by atoms with Crippen LogP contribution in [0.15, 0.2) is 60.8 Å². The van der Waals surface area contributed by atoms with Crippen LogP contribution in [0.25, 0.3) is 16.0 Å². The number of pyridine rings is 1. The molecule has 0 bridgehead atoms. The second kappa shape index (κ2) is 10.2. The molecule has 4 rings (SSSR count). The molecule has 1 aliphatic rings. The first-order valence-corrected chi connectivity index (χ1v) is 11.8. The van der Waals surface area contributed by atoms with Gasteiger partial charge in [0.2, 0.25) is 5.91 Å². The van der Waals surface area contributed by atoms with Gasteiger partial charge in [-0.25, -0.2) is 0 Å². The van der Waals surface area contributed by atoms with E-state index >= 15 is 0 Å². The lowest BCUT2D eigenvalue weighted by Gasteiger charge is -2.27. The average molecular weight is 447 g/mol. The Bertz CT molecular complexity index is 1100. The molecule has 1 aromatic carbocycles. The van der Waals surface area contributed by atoms with Crippen molar-refractivity contribution in [3.63, 3.8) is 0 Å². The fourth-order valence-corrected chi connectivity index (χ4v) is 4.96. The maximum Gasteiger partial charge on any atom is 0.221 e. The summed E-state index contributed by atoms with van der Waals surface area (Å²) >= 11 is 1.60. The van der Waals surface area contributed by atoms with Gasteiger partial charge in [-0.05, 0) is 61.0 Å². The lowest BCUT2D eigenvalue weighted by atomic mass is 9.98. The van der Waals surface area contributed by atoms with Gasteiger partial charge in [-0.15, -0.1) is 11.3 Å². The van der Waals surface area contributed by atoms with Crippen molar-refractivity contribution in [2.24, 2.45) is 0 Å². The summed E-state index contributed by atoms with van der Waals surface area (Å²) in [7, 11) is 4.17. The molecule has 0 saturated heterocycles. The monoisotopic (exact) mass is 446 g/mol. The van der Waals surface area contributed by atoms with Gasteiger partial charge in [0.1, 0.15) is 0 Å². The van der Waals surface area contributed by atoms with Gasteiger partial charge in [-0.3, -0.25) is 14.7 Å². The van der Waals surface area contributed by atoms with Gasteiger partial charge in [0, 0.05) is 44.2 Å². The summed E-state index contributed by atoms with van der Waals surface area (Å²) in [5.74, 6) is -0.0375. The predicted octanol–water partition coefficient (Wildman–Crippen LogP) is 5.12. The Morgan fingerprint density at radius 1 is 1.12 bits per heavy atom. The molecule has 0 aliphatic carbocycles. The second-order valence-electron chi connectivity index (χ2n) is 8.48. The number of nitrogens with zero attached hydrogens (tertiary/aromatic N) is 3. The molecule has 3 heterocycles. The summed E-state index contributed by atoms with van der Waals surface area (Å²) in [6.45, 7) is 5.35. The minimum Gasteiger partial charge on any atom is -0.318 e. The highest BCUT2D eigenvalue weighted by molar-refractivity contribution is 7.19. The molecule has 0 radical (unpaired) electrons. The number of aromatic nitrogens is 1. The number of benzene rings is 1. The summed E-state index contributed by atoms with van der Waals surface area (Å²) in [6, 6.07) is 17.0. The van der Waals surface area contributed by atoms with Crippen molar-refractivity contribution in [3.8, 4) is 10.4 Å². The fraction of sp³-hybridized carbons (Fsp3) is 0.308. The highest BCUT2D eigenvalue weighted by Gasteiger charge is 2.15. The number of hydrogen-bond donors (Lipinski definition) is 1. The second-order valence-corrected chi connectivity index (χ2v) is 9.57. The number of carbonyl (C=O) groups is 1. The molecule has 5 nitrogen and oxygen atoms in total. The number of thiophene rings is 1. The molecule has 0 saturated carbocycles. The fourth-order valence-electron chi connectivity index (χ4n) is 4.00. The van der Waals surface area contributed by atoms with E-state index < -0.39 is 0 Å². The van der Waals surface area contributed by atoms with E-state index in [0.717, 1.165) is 48.2 Å². The van der Waals surface area contributed by atoms with Crippen molar-refractivity contribution in [2.75, 3.05) is 32.5 Å². The highest BCUT2D eigenvalue weighted by atomic mass is 32.1. The van der Waals surface area contributed by atoms with Crippen molar-refractivity contribution >= 4 is 27.8 Å². The van der Waals surface area contributed by atoms with E-state index in [1.54, 1.807) is 11.3 Å². The van der Waals surface area contributed by atoms with Crippen LogP contribution in [-0.4, -0.2) is 47.9 Å². The number of carbonyl (C=O) groups excluding carboxylic acids is 1. The number of rotatable bonds is 7. The van der Waals surface area contributed by atoms with E-state index in [1.165, 1.54) is 29.2 Å². The normalized spacial score (nSPS) is 14.4. The molecule has 1 N–H and O–H groups in total. The zero-order valence-electron chi connectivity index (χ0n) is 19.0. The molecule has 0 unspecified atom stereocenters. The zero-order valence-corrected chi connectivity index (χ0v) is 19.8. The SMILES string of the molecule is CC(=O)Nc1ccc(-c2ccc(C3=CCN(Cc4cccnc4CN(C)C)CC3)cc2)s1. The minimum atomic E-state index is -0.0375. The van der Waals surface area contributed by atoms with E-state index in [2.05, 4.69) is 76.7 Å². The Labute approximate surface area is 194 Å². The van der Waals surface area contributed by atoms with E-state index in [9.17, 15) is 4.79 Å². The van der Waals surface area contributed by atoms with E-state index in [0.29, 0.717) is 0 Å². The van der Waals surface area contributed by atoms with Gasteiger partial charge in [-0.1, -0.05) is 36.4 Å². The lowest BCUT2D eigenvalue weighted by molar-refractivity contribution is -0.114. The quantitative estimate of drug-likeness (QED) is 0.547. The van der Waals surface area contributed by atoms with Gasteiger partial charge >= 0.3 is 0 Å². The Morgan fingerprint density at radius 3 is 2.59 bits per heavy atom. The van der Waals surface area contributed by atoms with Crippen LogP contribution >= 0.6 is 11.3 Å². The van der Waals surface area contributed by atoms with Crippen molar-refractivity contribution < 1.29 is 4.79 Å². The van der Waals surface area contributed by atoms with Crippen LogP contribution in [0, 0.1) is 0 Å². The molecule has 1 amide bonds. The van der Waals surface area contributed by atoms with Gasteiger partial charge in [0.15, 0.2) is 0 Å². The van der Waals surface area contributed by atoms with E-state index in [-0.39, 0.29) is 5.91 Å². The molecule has 6 heteroatoms. The number of nitrogens with one attached hydrogen (secondary N) is 1. The maximum absolute atomic E-state index is 11.2. The number of hydrogen-bond acceptors (Lipinski definition) is 5. The summed E-state index contributed by atoms with van der Waals surface area (Å²) in [4.78, 5) is 21.7. The average Bonchev–Trinajstić information content (AvgIpc) is 3.23. The van der Waals surface area contributed by atoms with Gasteiger partial charge in [0.05, 0.1) is 10.7 Å². The minimum absolute atomic E-state index is 0.0375. The topological polar surface area (TPSA) is 48.5 Å². The summed E-state index contributed by atoms with van der Waals surface area (Å²) < 4.78 is 0. The van der Waals surface area contributed by atoms with Gasteiger partial charge < -0.3 is 10.2 Å². The number of amides is 1. The largest absolute Gasteiger partial charge is 0.318 e. The Balaban J connectivity index is 1.39. The van der Waals surface area contributed by atoms with Crippen molar-refractivity contribution in [2.45, 2.75) is 26.4 Å². The van der Waals surface area contributed by atoms with Crippen LogP contribution in [0.4, 0.5) is 5.00 Å². The molecule has 1 aliphatic heterocycles. The predicted molar refractivity (Wildman–Crippen MR) is 134 cm³/mol. The van der Waals surface area contributed by atoms with Crippen molar-refractivity contribution in [1.82, 2.24) is 14.8 Å². The molecule has 32 heavy (non-hydrogen) atoms. The Morgan fingerprint density at radius 2 is 1.91 bits per heavy atom. The van der Waals surface area contributed by atoms with Crippen LogP contribution in [0.1, 0.15) is 30.2 Å². The standard InChI is InChI=1S/C26H30N4OS/c1-19(31)28-26-11-10-25(32-26)22-8-6-20(7-9-22)21-12-15-30(16-13-21)17-23-5-4-14-27-24(23)18-29(2)3/h4-12,14H,13,15-18H2,1-3H3,(H,28,31). The van der Waals surface area contributed by atoms with Gasteiger partial charge in [-0.2, -0.15) is 0 Å². The van der Waals surface area contributed by atoms with Gasteiger partial charge in [0.25, 0.3) is 0 Å². The summed E-state index contributed by atoms with van der Waals surface area (Å²) in [5, 5.41) is 3.73. The highest BCUT2D eigenvalue weighted by Crippen LogP contribution is 2.33. The Kier molecular flexibility index (Phi) is 7.15.